The Hall–Kier alpha value is -2.36. The van der Waals surface area contributed by atoms with Gasteiger partial charge in [0.15, 0.2) is 0 Å². The molecule has 4 heteroatoms. The van der Waals surface area contributed by atoms with Crippen LogP contribution < -0.4 is 4.90 Å². The van der Waals surface area contributed by atoms with Crippen LogP contribution in [0.5, 0.6) is 0 Å². The lowest BCUT2D eigenvalue weighted by Gasteiger charge is -2.35. The van der Waals surface area contributed by atoms with E-state index in [1.165, 1.54) is 11.1 Å². The molecule has 0 radical (unpaired) electrons. The Kier molecular flexibility index (Phi) is 4.20. The largest absolute Gasteiger partial charge is 0.360 e. The third-order valence-corrected chi connectivity index (χ3v) is 5.29. The molecule has 0 N–H and O–H groups in total. The Morgan fingerprint density at radius 3 is 2.72 bits per heavy atom. The van der Waals surface area contributed by atoms with Gasteiger partial charge in [-0.1, -0.05) is 30.3 Å². The second kappa shape index (κ2) is 6.51. The van der Waals surface area contributed by atoms with Crippen molar-refractivity contribution in [3.63, 3.8) is 0 Å². The molecule has 130 valence electrons. The number of nitrogens with zero attached hydrogens (tertiary/aromatic N) is 2. The highest BCUT2D eigenvalue weighted by atomic mass is 19.1. The second-order valence-electron chi connectivity index (χ2n) is 7.11. The highest BCUT2D eigenvalue weighted by Gasteiger charge is 2.26. The molecule has 0 saturated heterocycles. The van der Waals surface area contributed by atoms with E-state index in [0.29, 0.717) is 12.2 Å². The number of rotatable bonds is 2. The minimum absolute atomic E-state index is 0.0855. The smallest absolute Gasteiger partial charge is 0.242 e. The summed E-state index contributed by atoms with van der Waals surface area (Å²) in [6.07, 6.45) is 2.74. The molecule has 2 aromatic carbocycles. The molecule has 25 heavy (non-hydrogen) atoms. The topological polar surface area (TPSA) is 23.6 Å². The molecule has 3 nitrogen and oxygen atoms in total. The quantitative estimate of drug-likeness (QED) is 0.837. The zero-order chi connectivity index (χ0) is 17.4. The fraction of sp³-hybridized carbons (Fsp3) is 0.381. The van der Waals surface area contributed by atoms with Gasteiger partial charge in [0.05, 0.1) is 12.2 Å². The lowest BCUT2D eigenvalue weighted by Crippen LogP contribution is -2.44. The molecule has 0 unspecified atom stereocenters. The molecule has 0 fully saturated rings. The Labute approximate surface area is 148 Å². The number of amides is 1. The number of hydrogen-bond donors (Lipinski definition) is 0. The van der Waals surface area contributed by atoms with Gasteiger partial charge >= 0.3 is 0 Å². The van der Waals surface area contributed by atoms with Crippen molar-refractivity contribution >= 4 is 11.6 Å². The van der Waals surface area contributed by atoms with Crippen molar-refractivity contribution in [3.05, 3.63) is 64.5 Å². The van der Waals surface area contributed by atoms with Gasteiger partial charge in [0.1, 0.15) is 5.82 Å². The monoisotopic (exact) mass is 338 g/mol. The number of carbonyl (C=O) groups excluding carboxylic acids is 1. The van der Waals surface area contributed by atoms with Gasteiger partial charge < -0.3 is 9.80 Å². The molecule has 0 spiro atoms. The maximum atomic E-state index is 14.5. The number of benzene rings is 2. The molecule has 1 amide bonds. The van der Waals surface area contributed by atoms with Gasteiger partial charge in [-0.05, 0) is 54.5 Å². The van der Waals surface area contributed by atoms with Crippen LogP contribution in [0.1, 0.15) is 28.7 Å². The van der Waals surface area contributed by atoms with Crippen molar-refractivity contribution in [2.45, 2.75) is 32.7 Å². The second-order valence-corrected chi connectivity index (χ2v) is 7.11. The summed E-state index contributed by atoms with van der Waals surface area (Å²) in [5, 5.41) is 0. The fourth-order valence-corrected chi connectivity index (χ4v) is 4.05. The lowest BCUT2D eigenvalue weighted by atomic mass is 9.98. The molecule has 0 aliphatic carbocycles. The van der Waals surface area contributed by atoms with Crippen LogP contribution in [-0.4, -0.2) is 30.4 Å². The van der Waals surface area contributed by atoms with Gasteiger partial charge in [-0.25, -0.2) is 4.39 Å². The standard InChI is InChI=1S/C21H23FN2O/c1-15-11-17-7-4-9-24(21(17)19(22)12-15)14-20(25)23-10-8-16-5-2-3-6-18(16)13-23/h2-3,5-6,11-12H,4,7-10,13-14H2,1H3. The maximum Gasteiger partial charge on any atom is 0.242 e. The number of anilines is 1. The van der Waals surface area contributed by atoms with Crippen molar-refractivity contribution in [1.29, 1.82) is 0 Å². The first kappa shape index (κ1) is 16.1. The van der Waals surface area contributed by atoms with Crippen LogP contribution in [0.2, 0.25) is 0 Å². The SMILES string of the molecule is Cc1cc(F)c2c(c1)CCCN2CC(=O)N1CCc2ccccc2C1. The van der Waals surface area contributed by atoms with E-state index in [2.05, 4.69) is 12.1 Å². The minimum Gasteiger partial charge on any atom is -0.360 e. The molecule has 2 heterocycles. The zero-order valence-electron chi connectivity index (χ0n) is 14.6. The minimum atomic E-state index is -0.202. The number of aryl methyl sites for hydroxylation is 2. The van der Waals surface area contributed by atoms with Crippen molar-refractivity contribution in [3.8, 4) is 0 Å². The first-order valence-corrected chi connectivity index (χ1v) is 9.00. The van der Waals surface area contributed by atoms with Crippen LogP contribution in [0.15, 0.2) is 36.4 Å². The third kappa shape index (κ3) is 3.13. The van der Waals surface area contributed by atoms with Crippen molar-refractivity contribution in [2.24, 2.45) is 0 Å². The Morgan fingerprint density at radius 1 is 1.08 bits per heavy atom. The number of carbonyl (C=O) groups is 1. The lowest BCUT2D eigenvalue weighted by molar-refractivity contribution is -0.130. The maximum absolute atomic E-state index is 14.5. The first-order valence-electron chi connectivity index (χ1n) is 9.00. The first-order chi connectivity index (χ1) is 12.1. The summed E-state index contributed by atoms with van der Waals surface area (Å²) in [7, 11) is 0. The fourth-order valence-electron chi connectivity index (χ4n) is 4.05. The highest BCUT2D eigenvalue weighted by molar-refractivity contribution is 5.82. The van der Waals surface area contributed by atoms with Crippen molar-refractivity contribution < 1.29 is 9.18 Å². The molecule has 0 saturated carbocycles. The summed E-state index contributed by atoms with van der Waals surface area (Å²) >= 11 is 0. The number of hydrogen-bond acceptors (Lipinski definition) is 2. The average molecular weight is 338 g/mol. The summed E-state index contributed by atoms with van der Waals surface area (Å²) < 4.78 is 14.5. The van der Waals surface area contributed by atoms with Gasteiger partial charge in [-0.15, -0.1) is 0 Å². The van der Waals surface area contributed by atoms with E-state index in [9.17, 15) is 9.18 Å². The molecule has 0 atom stereocenters. The van der Waals surface area contributed by atoms with Gasteiger partial charge in [-0.2, -0.15) is 0 Å². The predicted octanol–water partition coefficient (Wildman–Crippen LogP) is 3.47. The van der Waals surface area contributed by atoms with E-state index >= 15 is 0 Å². The molecule has 0 aromatic heterocycles. The van der Waals surface area contributed by atoms with E-state index in [-0.39, 0.29) is 18.3 Å². The van der Waals surface area contributed by atoms with E-state index in [1.807, 2.05) is 34.9 Å². The molecule has 4 rings (SSSR count). The Bertz CT molecular complexity index is 818. The highest BCUT2D eigenvalue weighted by Crippen LogP contribution is 2.31. The zero-order valence-corrected chi connectivity index (χ0v) is 14.6. The molecule has 2 aromatic rings. The molecule has 2 aliphatic heterocycles. The van der Waals surface area contributed by atoms with Crippen LogP contribution in [-0.2, 0) is 24.2 Å². The molecule has 2 aliphatic rings. The van der Waals surface area contributed by atoms with E-state index in [0.717, 1.165) is 43.5 Å². The number of fused-ring (bicyclic) bond motifs is 2. The van der Waals surface area contributed by atoms with Gasteiger partial charge in [0, 0.05) is 19.6 Å². The van der Waals surface area contributed by atoms with E-state index < -0.39 is 0 Å². The average Bonchev–Trinajstić information content (AvgIpc) is 2.61. The summed E-state index contributed by atoms with van der Waals surface area (Å²) in [6.45, 7) is 4.32. The Balaban J connectivity index is 1.52. The Morgan fingerprint density at radius 2 is 1.88 bits per heavy atom. The molecular weight excluding hydrogens is 315 g/mol. The van der Waals surface area contributed by atoms with Crippen molar-refractivity contribution in [2.75, 3.05) is 24.5 Å². The van der Waals surface area contributed by atoms with Crippen LogP contribution >= 0.6 is 0 Å². The van der Waals surface area contributed by atoms with Gasteiger partial charge in [0.2, 0.25) is 5.91 Å². The summed E-state index contributed by atoms with van der Waals surface area (Å²) in [4.78, 5) is 16.7. The molecule has 0 bridgehead atoms. The summed E-state index contributed by atoms with van der Waals surface area (Å²) in [5.41, 5.74) is 5.15. The normalized spacial score (nSPS) is 16.4. The number of halogens is 1. The predicted molar refractivity (Wildman–Crippen MR) is 97.2 cm³/mol. The van der Waals surface area contributed by atoms with E-state index in [1.54, 1.807) is 6.07 Å². The van der Waals surface area contributed by atoms with E-state index in [4.69, 9.17) is 0 Å². The van der Waals surface area contributed by atoms with Crippen LogP contribution in [0.25, 0.3) is 0 Å². The van der Waals surface area contributed by atoms with Gasteiger partial charge in [0.25, 0.3) is 0 Å². The molecular formula is C21H23FN2O. The summed E-state index contributed by atoms with van der Waals surface area (Å²) in [6, 6.07) is 11.9. The van der Waals surface area contributed by atoms with Crippen LogP contribution in [0, 0.1) is 12.7 Å². The van der Waals surface area contributed by atoms with Crippen molar-refractivity contribution in [1.82, 2.24) is 4.90 Å². The summed E-state index contributed by atoms with van der Waals surface area (Å²) in [5.74, 6) is -0.117. The van der Waals surface area contributed by atoms with Gasteiger partial charge in [-0.3, -0.25) is 4.79 Å². The van der Waals surface area contributed by atoms with Crippen LogP contribution in [0.3, 0.4) is 0 Å². The third-order valence-electron chi connectivity index (χ3n) is 5.29. The van der Waals surface area contributed by atoms with Crippen LogP contribution in [0.4, 0.5) is 10.1 Å².